The Balaban J connectivity index is 2.25. The van der Waals surface area contributed by atoms with E-state index in [1.54, 1.807) is 12.1 Å². The van der Waals surface area contributed by atoms with Gasteiger partial charge in [0.1, 0.15) is 23.4 Å². The van der Waals surface area contributed by atoms with Crippen LogP contribution in [0.25, 0.3) is 27.6 Å². The largest absolute Gasteiger partial charge is 0.468 e. The number of nitrogens with zero attached hydrogens (tertiary/aromatic N) is 3. The highest BCUT2D eigenvalue weighted by Gasteiger charge is 2.17. The average Bonchev–Trinajstić information content (AvgIpc) is 2.98. The number of esters is 1. The lowest BCUT2D eigenvalue weighted by Crippen LogP contribution is -2.26. The first-order chi connectivity index (χ1) is 11.2. The minimum atomic E-state index is -0.477. The van der Waals surface area contributed by atoms with Gasteiger partial charge in [0.15, 0.2) is 0 Å². The monoisotopic (exact) mass is 307 g/mol. The van der Waals surface area contributed by atoms with E-state index < -0.39 is 5.97 Å². The van der Waals surface area contributed by atoms with Gasteiger partial charge in [0.25, 0.3) is 5.56 Å². The second-order valence-electron chi connectivity index (χ2n) is 5.23. The predicted molar refractivity (Wildman–Crippen MR) is 86.5 cm³/mol. The molecule has 114 valence electrons. The fourth-order valence-corrected chi connectivity index (χ4v) is 2.88. The Morgan fingerprint density at radius 1 is 1.13 bits per heavy atom. The summed E-state index contributed by atoms with van der Waals surface area (Å²) >= 11 is 0. The summed E-state index contributed by atoms with van der Waals surface area (Å²) in [5.74, 6) is -0.477. The molecule has 0 fully saturated rings. The molecule has 0 unspecified atom stereocenters. The Hall–Kier alpha value is -3.15. The third kappa shape index (κ3) is 1.92. The maximum absolute atomic E-state index is 12.8. The van der Waals surface area contributed by atoms with E-state index in [-0.39, 0.29) is 12.1 Å². The zero-order valence-corrected chi connectivity index (χ0v) is 12.4. The molecule has 0 saturated heterocycles. The molecule has 1 aromatic carbocycles. The molecule has 0 radical (unpaired) electrons. The van der Waals surface area contributed by atoms with Crippen LogP contribution < -0.4 is 5.56 Å². The zero-order valence-electron chi connectivity index (χ0n) is 12.4. The van der Waals surface area contributed by atoms with Crippen molar-refractivity contribution in [3.05, 3.63) is 59.0 Å². The van der Waals surface area contributed by atoms with Gasteiger partial charge < -0.3 is 4.74 Å². The lowest BCUT2D eigenvalue weighted by Gasteiger charge is -2.09. The van der Waals surface area contributed by atoms with E-state index in [2.05, 4.69) is 4.98 Å². The zero-order chi connectivity index (χ0) is 16.0. The van der Waals surface area contributed by atoms with E-state index in [1.807, 2.05) is 40.9 Å². The van der Waals surface area contributed by atoms with Crippen molar-refractivity contribution >= 4 is 33.6 Å². The molecular weight excluding hydrogens is 294 g/mol. The minimum Gasteiger partial charge on any atom is -0.468 e. The third-order valence-corrected chi connectivity index (χ3v) is 3.93. The standard InChI is InChI=1S/C17H13N3O3/c1-23-14(21)10-20-16-15(18-13-8-4-5-9-19(13)16)11-6-2-3-7-12(11)17(20)22/h2-9H,10H2,1H3. The van der Waals surface area contributed by atoms with E-state index >= 15 is 0 Å². The molecule has 0 saturated carbocycles. The summed E-state index contributed by atoms with van der Waals surface area (Å²) in [7, 11) is 1.31. The topological polar surface area (TPSA) is 65.6 Å². The van der Waals surface area contributed by atoms with Crippen molar-refractivity contribution < 1.29 is 9.53 Å². The molecule has 6 heteroatoms. The Kier molecular flexibility index (Phi) is 2.90. The first-order valence-corrected chi connectivity index (χ1v) is 7.16. The van der Waals surface area contributed by atoms with Crippen molar-refractivity contribution in [1.82, 2.24) is 14.0 Å². The third-order valence-electron chi connectivity index (χ3n) is 3.93. The Bertz CT molecular complexity index is 1120. The molecule has 0 spiro atoms. The lowest BCUT2D eigenvalue weighted by atomic mass is 10.1. The van der Waals surface area contributed by atoms with Crippen LogP contribution in [0.4, 0.5) is 0 Å². The molecule has 0 amide bonds. The number of aromatic nitrogens is 3. The number of hydrogen-bond acceptors (Lipinski definition) is 4. The molecule has 23 heavy (non-hydrogen) atoms. The van der Waals surface area contributed by atoms with Crippen molar-refractivity contribution in [1.29, 1.82) is 0 Å². The number of benzene rings is 1. The normalized spacial score (nSPS) is 11.3. The summed E-state index contributed by atoms with van der Waals surface area (Å²) in [4.78, 5) is 29.2. The molecule has 0 bridgehead atoms. The average molecular weight is 307 g/mol. The van der Waals surface area contributed by atoms with Crippen LogP contribution in [-0.4, -0.2) is 27.0 Å². The summed E-state index contributed by atoms with van der Waals surface area (Å²) in [6, 6.07) is 12.9. The van der Waals surface area contributed by atoms with Crippen LogP contribution in [0.5, 0.6) is 0 Å². The molecule has 4 aromatic rings. The number of carbonyl (C=O) groups is 1. The molecule has 0 atom stereocenters. The van der Waals surface area contributed by atoms with Crippen molar-refractivity contribution in [3.63, 3.8) is 0 Å². The van der Waals surface area contributed by atoms with E-state index in [0.717, 1.165) is 11.0 Å². The van der Waals surface area contributed by atoms with Gasteiger partial charge in [-0.1, -0.05) is 24.3 Å². The van der Waals surface area contributed by atoms with Gasteiger partial charge in [-0.2, -0.15) is 0 Å². The number of hydrogen-bond donors (Lipinski definition) is 0. The second kappa shape index (κ2) is 4.95. The van der Waals surface area contributed by atoms with Crippen LogP contribution in [-0.2, 0) is 16.1 Å². The van der Waals surface area contributed by atoms with Crippen LogP contribution in [0, 0.1) is 0 Å². The predicted octanol–water partition coefficient (Wildman–Crippen LogP) is 1.98. The Morgan fingerprint density at radius 3 is 2.65 bits per heavy atom. The molecule has 4 rings (SSSR count). The molecule has 0 N–H and O–H groups in total. The van der Waals surface area contributed by atoms with Gasteiger partial charge in [-0.15, -0.1) is 0 Å². The van der Waals surface area contributed by atoms with E-state index in [4.69, 9.17) is 4.74 Å². The van der Waals surface area contributed by atoms with E-state index in [1.165, 1.54) is 11.7 Å². The lowest BCUT2D eigenvalue weighted by molar-refractivity contribution is -0.141. The van der Waals surface area contributed by atoms with E-state index in [0.29, 0.717) is 16.6 Å². The molecule has 0 aliphatic rings. The number of ether oxygens (including phenoxy) is 1. The fourth-order valence-electron chi connectivity index (χ4n) is 2.88. The van der Waals surface area contributed by atoms with Crippen LogP contribution in [0.1, 0.15) is 0 Å². The van der Waals surface area contributed by atoms with Gasteiger partial charge in [0, 0.05) is 17.0 Å². The van der Waals surface area contributed by atoms with Crippen molar-refractivity contribution in [2.24, 2.45) is 0 Å². The molecule has 0 aliphatic carbocycles. The van der Waals surface area contributed by atoms with Crippen molar-refractivity contribution in [3.8, 4) is 0 Å². The van der Waals surface area contributed by atoms with Gasteiger partial charge in [-0.05, 0) is 18.2 Å². The van der Waals surface area contributed by atoms with Gasteiger partial charge in [-0.3, -0.25) is 18.6 Å². The number of fused-ring (bicyclic) bond motifs is 5. The van der Waals surface area contributed by atoms with Gasteiger partial charge in [-0.25, -0.2) is 4.98 Å². The maximum atomic E-state index is 12.8. The van der Waals surface area contributed by atoms with Crippen LogP contribution in [0.3, 0.4) is 0 Å². The fraction of sp³-hybridized carbons (Fsp3) is 0.118. The number of pyridine rings is 2. The number of imidazole rings is 1. The highest BCUT2D eigenvalue weighted by Crippen LogP contribution is 2.23. The van der Waals surface area contributed by atoms with Crippen LogP contribution >= 0.6 is 0 Å². The second-order valence-corrected chi connectivity index (χ2v) is 5.23. The number of methoxy groups -OCH3 is 1. The van der Waals surface area contributed by atoms with Crippen molar-refractivity contribution in [2.75, 3.05) is 7.11 Å². The summed E-state index contributed by atoms with van der Waals surface area (Å²) in [6.45, 7) is -0.153. The first kappa shape index (κ1) is 13.5. The summed E-state index contributed by atoms with van der Waals surface area (Å²) in [5.41, 5.74) is 1.77. The smallest absolute Gasteiger partial charge is 0.325 e. The summed E-state index contributed by atoms with van der Waals surface area (Å²) in [5, 5.41) is 1.31. The SMILES string of the molecule is COC(=O)Cn1c(=O)c2ccccc2c2nc3ccccn3c21. The summed E-state index contributed by atoms with van der Waals surface area (Å²) in [6.07, 6.45) is 1.83. The highest BCUT2D eigenvalue weighted by molar-refractivity contribution is 6.03. The molecule has 3 heterocycles. The number of rotatable bonds is 2. The van der Waals surface area contributed by atoms with Crippen LogP contribution in [0.2, 0.25) is 0 Å². The van der Waals surface area contributed by atoms with E-state index in [9.17, 15) is 9.59 Å². The van der Waals surface area contributed by atoms with Gasteiger partial charge >= 0.3 is 5.97 Å². The van der Waals surface area contributed by atoms with Crippen molar-refractivity contribution in [2.45, 2.75) is 6.54 Å². The molecule has 3 aromatic heterocycles. The van der Waals surface area contributed by atoms with Gasteiger partial charge in [0.2, 0.25) is 0 Å². The molecule has 6 nitrogen and oxygen atoms in total. The van der Waals surface area contributed by atoms with Gasteiger partial charge in [0.05, 0.1) is 7.11 Å². The Morgan fingerprint density at radius 2 is 1.87 bits per heavy atom. The quantitative estimate of drug-likeness (QED) is 0.531. The Labute approximate surface area is 130 Å². The van der Waals surface area contributed by atoms with Crippen LogP contribution in [0.15, 0.2) is 53.5 Å². The minimum absolute atomic E-state index is 0.153. The molecular formula is C17H13N3O3. The summed E-state index contributed by atoms with van der Waals surface area (Å²) < 4.78 is 7.96. The maximum Gasteiger partial charge on any atom is 0.325 e. The molecule has 0 aliphatic heterocycles. The number of carbonyl (C=O) groups excluding carboxylic acids is 1. The highest BCUT2D eigenvalue weighted by atomic mass is 16.5. The first-order valence-electron chi connectivity index (χ1n) is 7.16.